The number of benzene rings is 8. The summed E-state index contributed by atoms with van der Waals surface area (Å²) in [6.45, 7) is 9.57. The molecular weight excluding hydrogens is 735 g/mol. The fraction of sp³-hybridized carbons (Fsp3) is 0.200. The minimum Gasteiger partial charge on any atom is -0.310 e. The van der Waals surface area contributed by atoms with E-state index in [1.54, 1.807) is 0 Å². The van der Waals surface area contributed by atoms with E-state index in [0.717, 1.165) is 23.0 Å². The lowest BCUT2D eigenvalue weighted by molar-refractivity contribution is 0.443. The van der Waals surface area contributed by atoms with Crippen LogP contribution in [-0.4, -0.2) is 0 Å². The van der Waals surface area contributed by atoms with Crippen molar-refractivity contribution < 1.29 is 0 Å². The summed E-state index contributed by atoms with van der Waals surface area (Å²) in [5, 5.41) is 0. The first-order valence-electron chi connectivity index (χ1n) is 22.4. The highest BCUT2D eigenvalue weighted by atomic mass is 15.1. The number of rotatable bonds is 7. The highest BCUT2D eigenvalue weighted by molar-refractivity contribution is 5.92. The molecule has 0 unspecified atom stereocenters. The molecule has 1 saturated carbocycles. The zero-order chi connectivity index (χ0) is 41.3. The third-order valence-electron chi connectivity index (χ3n) is 14.5. The predicted octanol–water partition coefficient (Wildman–Crippen LogP) is 16.8. The molecule has 0 aromatic heterocycles. The highest BCUT2D eigenvalue weighted by Crippen LogP contribution is 2.55. The monoisotopic (exact) mass is 787 g/mol. The van der Waals surface area contributed by atoms with Gasteiger partial charge in [0.2, 0.25) is 0 Å². The van der Waals surface area contributed by atoms with Gasteiger partial charge < -0.3 is 4.90 Å². The lowest BCUT2D eigenvalue weighted by Gasteiger charge is -2.28. The first-order chi connectivity index (χ1) is 29.8. The van der Waals surface area contributed by atoms with E-state index in [-0.39, 0.29) is 10.8 Å². The first kappa shape index (κ1) is 37.6. The van der Waals surface area contributed by atoms with Crippen LogP contribution < -0.4 is 4.90 Å². The summed E-state index contributed by atoms with van der Waals surface area (Å²) >= 11 is 0. The van der Waals surface area contributed by atoms with Crippen LogP contribution in [0, 0.1) is 0 Å². The molecule has 298 valence electrons. The van der Waals surface area contributed by atoms with Gasteiger partial charge in [-0.3, -0.25) is 0 Å². The molecule has 0 atom stereocenters. The van der Waals surface area contributed by atoms with Crippen molar-refractivity contribution >= 4 is 17.1 Å². The van der Waals surface area contributed by atoms with Crippen LogP contribution >= 0.6 is 0 Å². The Hall–Kier alpha value is -6.44. The second-order valence-corrected chi connectivity index (χ2v) is 18.8. The first-order valence-corrected chi connectivity index (χ1v) is 22.4. The van der Waals surface area contributed by atoms with Crippen LogP contribution in [0.4, 0.5) is 17.1 Å². The molecule has 0 saturated heterocycles. The number of hydrogen-bond acceptors (Lipinski definition) is 1. The quantitative estimate of drug-likeness (QED) is 0.155. The summed E-state index contributed by atoms with van der Waals surface area (Å²) in [5.41, 5.74) is 23.3. The fourth-order valence-corrected chi connectivity index (χ4v) is 11.2. The van der Waals surface area contributed by atoms with Gasteiger partial charge in [0.25, 0.3) is 0 Å². The smallest absolute Gasteiger partial charge is 0.0465 e. The SMILES string of the molecule is CC1(C)c2ccc(-c3cccc4c3C(C)(C)c3ccccc3-4)cc2-c2ccc(N(c3ccc(-c4ccccc4)cc3)c3ccc(-c4ccc(C5CCCCC5)cc4)cc3)cc21. The zero-order valence-electron chi connectivity index (χ0n) is 35.9. The third kappa shape index (κ3) is 6.28. The molecule has 0 N–H and O–H groups in total. The van der Waals surface area contributed by atoms with Crippen molar-refractivity contribution in [3.63, 3.8) is 0 Å². The molecule has 61 heavy (non-hydrogen) atoms. The van der Waals surface area contributed by atoms with E-state index in [1.165, 1.54) is 116 Å². The number of hydrogen-bond donors (Lipinski definition) is 0. The molecule has 0 radical (unpaired) electrons. The summed E-state index contributed by atoms with van der Waals surface area (Å²) < 4.78 is 0. The average molecular weight is 788 g/mol. The van der Waals surface area contributed by atoms with Crippen LogP contribution in [0.25, 0.3) is 55.6 Å². The lowest BCUT2D eigenvalue weighted by Crippen LogP contribution is -2.17. The van der Waals surface area contributed by atoms with E-state index in [4.69, 9.17) is 0 Å². The summed E-state index contributed by atoms with van der Waals surface area (Å²) in [4.78, 5) is 2.43. The van der Waals surface area contributed by atoms with Crippen LogP contribution in [0.2, 0.25) is 0 Å². The molecule has 0 heterocycles. The Labute approximate surface area is 362 Å². The van der Waals surface area contributed by atoms with Gasteiger partial charge in [0.15, 0.2) is 0 Å². The van der Waals surface area contributed by atoms with Crippen molar-refractivity contribution in [2.45, 2.75) is 76.5 Å². The molecule has 1 fully saturated rings. The van der Waals surface area contributed by atoms with E-state index in [2.05, 4.69) is 215 Å². The molecule has 8 aromatic rings. The minimum atomic E-state index is -0.163. The molecular formula is C60H53N. The van der Waals surface area contributed by atoms with Gasteiger partial charge in [-0.2, -0.15) is 0 Å². The summed E-state index contributed by atoms with van der Waals surface area (Å²) in [6, 6.07) is 68.6. The molecule has 0 amide bonds. The largest absolute Gasteiger partial charge is 0.310 e. The van der Waals surface area contributed by atoms with Crippen LogP contribution in [-0.2, 0) is 10.8 Å². The molecule has 0 aliphatic heterocycles. The van der Waals surface area contributed by atoms with E-state index >= 15 is 0 Å². The second-order valence-electron chi connectivity index (χ2n) is 18.8. The van der Waals surface area contributed by atoms with E-state index in [0.29, 0.717) is 0 Å². The minimum absolute atomic E-state index is 0.0757. The lowest BCUT2D eigenvalue weighted by atomic mass is 9.78. The predicted molar refractivity (Wildman–Crippen MR) is 258 cm³/mol. The van der Waals surface area contributed by atoms with E-state index in [9.17, 15) is 0 Å². The maximum absolute atomic E-state index is 2.47. The van der Waals surface area contributed by atoms with Gasteiger partial charge in [-0.05, 0) is 145 Å². The van der Waals surface area contributed by atoms with Gasteiger partial charge in [0.05, 0.1) is 0 Å². The van der Waals surface area contributed by atoms with Crippen molar-refractivity contribution in [3.8, 4) is 55.6 Å². The molecule has 1 heteroatoms. The van der Waals surface area contributed by atoms with Crippen molar-refractivity contribution in [1.29, 1.82) is 0 Å². The molecule has 0 bridgehead atoms. The normalized spacial score (nSPS) is 15.7. The van der Waals surface area contributed by atoms with Crippen LogP contribution in [0.1, 0.15) is 93.5 Å². The molecule has 1 nitrogen and oxygen atoms in total. The van der Waals surface area contributed by atoms with E-state index in [1.807, 2.05) is 0 Å². The summed E-state index contributed by atoms with van der Waals surface area (Å²) in [7, 11) is 0. The number of anilines is 3. The van der Waals surface area contributed by atoms with E-state index < -0.39 is 0 Å². The highest BCUT2D eigenvalue weighted by Gasteiger charge is 2.39. The standard InChI is InChI=1S/C60H53N/c1-59(2)56-37-30-46(50-19-13-20-53-51-18-11-12-21-55(51)60(3,4)58(50)53)38-54(56)52-36-35-49(39-57(52)59)61(47-31-26-44(27-32-47)41-16-9-6-10-17-41)48-33-28-45(29-34-48)43-24-22-42(23-25-43)40-14-7-5-8-15-40/h6,9-13,16-40H,5,7-8,14-15H2,1-4H3. The third-order valence-corrected chi connectivity index (χ3v) is 14.5. The van der Waals surface area contributed by atoms with Crippen LogP contribution in [0.3, 0.4) is 0 Å². The van der Waals surface area contributed by atoms with Crippen molar-refractivity contribution in [2.75, 3.05) is 4.90 Å². The Bertz CT molecular complexity index is 2910. The van der Waals surface area contributed by atoms with Gasteiger partial charge >= 0.3 is 0 Å². The van der Waals surface area contributed by atoms with Gasteiger partial charge in [0.1, 0.15) is 0 Å². The molecule has 3 aliphatic rings. The van der Waals surface area contributed by atoms with Gasteiger partial charge in [-0.1, -0.05) is 186 Å². The van der Waals surface area contributed by atoms with Crippen molar-refractivity contribution in [2.24, 2.45) is 0 Å². The Morgan fingerprint density at radius 2 is 0.885 bits per heavy atom. The summed E-state index contributed by atoms with van der Waals surface area (Å²) in [6.07, 6.45) is 6.76. The van der Waals surface area contributed by atoms with Gasteiger partial charge in [-0.25, -0.2) is 0 Å². The molecule has 3 aliphatic carbocycles. The Morgan fingerprint density at radius 3 is 1.57 bits per heavy atom. The second kappa shape index (κ2) is 14.6. The van der Waals surface area contributed by atoms with Crippen LogP contribution in [0.5, 0.6) is 0 Å². The molecule has 8 aromatic carbocycles. The van der Waals surface area contributed by atoms with Gasteiger partial charge in [-0.15, -0.1) is 0 Å². The maximum atomic E-state index is 2.47. The number of nitrogens with zero attached hydrogens (tertiary/aromatic N) is 1. The topological polar surface area (TPSA) is 3.24 Å². The van der Waals surface area contributed by atoms with Gasteiger partial charge in [0, 0.05) is 27.9 Å². The van der Waals surface area contributed by atoms with Crippen molar-refractivity contribution in [1.82, 2.24) is 0 Å². The Balaban J connectivity index is 0.972. The molecule has 0 spiro atoms. The average Bonchev–Trinajstić information content (AvgIpc) is 3.69. The number of fused-ring (bicyclic) bond motifs is 6. The Morgan fingerprint density at radius 1 is 0.361 bits per heavy atom. The maximum Gasteiger partial charge on any atom is 0.0465 e. The fourth-order valence-electron chi connectivity index (χ4n) is 11.2. The summed E-state index contributed by atoms with van der Waals surface area (Å²) in [5.74, 6) is 0.717. The Kier molecular flexibility index (Phi) is 9.01. The van der Waals surface area contributed by atoms with Crippen LogP contribution in [0.15, 0.2) is 182 Å². The van der Waals surface area contributed by atoms with Crippen molar-refractivity contribution in [3.05, 3.63) is 210 Å². The zero-order valence-corrected chi connectivity index (χ0v) is 35.9. The molecule has 11 rings (SSSR count).